The summed E-state index contributed by atoms with van der Waals surface area (Å²) in [6.07, 6.45) is 3.12. The van der Waals surface area contributed by atoms with Crippen LogP contribution in [0.2, 0.25) is 5.15 Å². The summed E-state index contributed by atoms with van der Waals surface area (Å²) in [4.78, 5) is 24.6. The number of nitro groups is 1. The number of aryl methyl sites for hydroxylation is 1. The maximum absolute atomic E-state index is 12.6. The summed E-state index contributed by atoms with van der Waals surface area (Å²) in [6, 6.07) is 5.97. The molecule has 0 spiro atoms. The molecule has 0 aliphatic heterocycles. The first-order valence-corrected chi connectivity index (χ1v) is 9.41. The highest BCUT2D eigenvalue weighted by Crippen LogP contribution is 2.25. The smallest absolute Gasteiger partial charge is 0.269 e. The van der Waals surface area contributed by atoms with Gasteiger partial charge in [-0.05, 0) is 31.4 Å². The number of non-ortho nitro benzene ring substituents is 1. The lowest BCUT2D eigenvalue weighted by Crippen LogP contribution is -2.28. The van der Waals surface area contributed by atoms with Crippen molar-refractivity contribution in [3.8, 4) is 0 Å². The lowest BCUT2D eigenvalue weighted by atomic mass is 10.1. The SMILES string of the molecule is Cc1nn(CC(C)C)c(Cl)c1/C=C/C(=O)N(C)[C@H](C)c1cccc([N+](=O)[O-])c1. The zero-order valence-corrected chi connectivity index (χ0v) is 17.5. The Morgan fingerprint density at radius 1 is 1.39 bits per heavy atom. The molecule has 0 fully saturated rings. The first-order valence-electron chi connectivity index (χ1n) is 9.04. The second kappa shape index (κ2) is 9.01. The minimum atomic E-state index is -0.447. The zero-order valence-electron chi connectivity index (χ0n) is 16.7. The van der Waals surface area contributed by atoms with Gasteiger partial charge in [-0.25, -0.2) is 0 Å². The molecule has 0 unspecified atom stereocenters. The van der Waals surface area contributed by atoms with Crippen LogP contribution in [0.4, 0.5) is 5.69 Å². The Balaban J connectivity index is 2.17. The van der Waals surface area contributed by atoms with Gasteiger partial charge < -0.3 is 4.90 Å². The van der Waals surface area contributed by atoms with E-state index in [1.54, 1.807) is 29.9 Å². The average Bonchev–Trinajstić information content (AvgIpc) is 2.91. The molecule has 1 amide bonds. The number of carbonyl (C=O) groups is 1. The highest BCUT2D eigenvalue weighted by atomic mass is 35.5. The largest absolute Gasteiger partial charge is 0.335 e. The highest BCUT2D eigenvalue weighted by Gasteiger charge is 2.18. The number of rotatable bonds is 7. The fourth-order valence-corrected chi connectivity index (χ4v) is 3.11. The second-order valence-corrected chi connectivity index (χ2v) is 7.53. The van der Waals surface area contributed by atoms with Crippen molar-refractivity contribution in [3.05, 3.63) is 62.4 Å². The van der Waals surface area contributed by atoms with Gasteiger partial charge in [-0.1, -0.05) is 37.6 Å². The van der Waals surface area contributed by atoms with E-state index in [0.717, 1.165) is 5.69 Å². The Morgan fingerprint density at radius 3 is 2.68 bits per heavy atom. The van der Waals surface area contributed by atoms with Crippen LogP contribution >= 0.6 is 11.6 Å². The van der Waals surface area contributed by atoms with Crippen LogP contribution < -0.4 is 0 Å². The molecule has 1 atom stereocenters. The molecule has 0 N–H and O–H groups in total. The Hall–Kier alpha value is -2.67. The third-order valence-electron chi connectivity index (χ3n) is 4.53. The number of benzene rings is 1. The van der Waals surface area contributed by atoms with Gasteiger partial charge in [-0.2, -0.15) is 5.10 Å². The molecule has 0 saturated carbocycles. The van der Waals surface area contributed by atoms with Crippen molar-refractivity contribution in [3.63, 3.8) is 0 Å². The van der Waals surface area contributed by atoms with Crippen molar-refractivity contribution in [1.29, 1.82) is 0 Å². The van der Waals surface area contributed by atoms with E-state index in [1.165, 1.54) is 23.1 Å². The van der Waals surface area contributed by atoms with Gasteiger partial charge in [-0.15, -0.1) is 0 Å². The molecule has 2 aromatic rings. The maximum Gasteiger partial charge on any atom is 0.269 e. The van der Waals surface area contributed by atoms with Gasteiger partial charge in [0, 0.05) is 37.4 Å². The summed E-state index contributed by atoms with van der Waals surface area (Å²) < 4.78 is 1.74. The van der Waals surface area contributed by atoms with Gasteiger partial charge in [-0.3, -0.25) is 19.6 Å². The van der Waals surface area contributed by atoms with Crippen LogP contribution in [0.1, 0.15) is 43.6 Å². The van der Waals surface area contributed by atoms with Crippen LogP contribution in [0.3, 0.4) is 0 Å². The second-order valence-electron chi connectivity index (χ2n) is 7.18. The number of hydrogen-bond acceptors (Lipinski definition) is 4. The van der Waals surface area contributed by atoms with Crippen molar-refractivity contribution in [2.75, 3.05) is 7.05 Å². The van der Waals surface area contributed by atoms with E-state index in [2.05, 4.69) is 18.9 Å². The minimum Gasteiger partial charge on any atom is -0.335 e. The number of nitro benzene ring substituents is 1. The van der Waals surface area contributed by atoms with Crippen molar-refractivity contribution in [2.45, 2.75) is 40.3 Å². The maximum atomic E-state index is 12.6. The van der Waals surface area contributed by atoms with Gasteiger partial charge in [0.25, 0.3) is 5.69 Å². The molecule has 150 valence electrons. The van der Waals surface area contributed by atoms with Crippen LogP contribution in [0.25, 0.3) is 6.08 Å². The predicted octanol–water partition coefficient (Wildman–Crippen LogP) is 4.64. The number of amides is 1. The molecule has 7 nitrogen and oxygen atoms in total. The zero-order chi connectivity index (χ0) is 21.0. The third-order valence-corrected chi connectivity index (χ3v) is 4.93. The molecule has 2 rings (SSSR count). The molecule has 8 heteroatoms. The molecule has 0 aliphatic rings. The normalized spacial score (nSPS) is 12.5. The standard InChI is InChI=1S/C20H25ClN4O3/c1-13(2)12-24-20(21)18(14(3)22-24)9-10-19(26)23(5)15(4)16-7-6-8-17(11-16)25(27)28/h6-11,13,15H,12H2,1-5H3/b10-9+/t15-/m1/s1. The van der Waals surface area contributed by atoms with E-state index >= 15 is 0 Å². The van der Waals surface area contributed by atoms with E-state index < -0.39 is 4.92 Å². The van der Waals surface area contributed by atoms with Crippen LogP contribution in [0, 0.1) is 23.0 Å². The summed E-state index contributed by atoms with van der Waals surface area (Å²) in [7, 11) is 1.66. The topological polar surface area (TPSA) is 81.3 Å². The van der Waals surface area contributed by atoms with Gasteiger partial charge in [0.2, 0.25) is 5.91 Å². The minimum absolute atomic E-state index is 0.000661. The summed E-state index contributed by atoms with van der Waals surface area (Å²) in [6.45, 7) is 8.53. The van der Waals surface area contributed by atoms with E-state index in [9.17, 15) is 14.9 Å². The number of halogens is 1. The van der Waals surface area contributed by atoms with Crippen LogP contribution in [0.5, 0.6) is 0 Å². The Kier molecular flexibility index (Phi) is 6.96. The Morgan fingerprint density at radius 2 is 2.07 bits per heavy atom. The van der Waals surface area contributed by atoms with Crippen LogP contribution in [-0.2, 0) is 11.3 Å². The lowest BCUT2D eigenvalue weighted by molar-refractivity contribution is -0.384. The molecule has 1 aromatic carbocycles. The van der Waals surface area contributed by atoms with E-state index in [1.807, 2.05) is 13.8 Å². The number of carbonyl (C=O) groups excluding carboxylic acids is 1. The molecular weight excluding hydrogens is 380 g/mol. The fraction of sp³-hybridized carbons (Fsp3) is 0.400. The van der Waals surface area contributed by atoms with Crippen molar-refractivity contribution in [2.24, 2.45) is 5.92 Å². The summed E-state index contributed by atoms with van der Waals surface area (Å²) in [5, 5.41) is 15.9. The molecule has 0 radical (unpaired) electrons. The molecule has 0 bridgehead atoms. The highest BCUT2D eigenvalue weighted by molar-refractivity contribution is 6.31. The van der Waals surface area contributed by atoms with Crippen LogP contribution in [-0.4, -0.2) is 32.6 Å². The van der Waals surface area contributed by atoms with Crippen molar-refractivity contribution < 1.29 is 9.72 Å². The summed E-state index contributed by atoms with van der Waals surface area (Å²) >= 11 is 6.40. The first kappa shape index (κ1) is 21.6. The van der Waals surface area contributed by atoms with Gasteiger partial charge in [0.1, 0.15) is 5.15 Å². The number of nitrogens with zero attached hydrogens (tertiary/aromatic N) is 4. The Bertz CT molecular complexity index is 905. The van der Waals surface area contributed by atoms with E-state index in [0.29, 0.717) is 28.7 Å². The molecule has 1 aromatic heterocycles. The average molecular weight is 405 g/mol. The molecule has 0 saturated heterocycles. The third kappa shape index (κ3) is 4.98. The van der Waals surface area contributed by atoms with Gasteiger partial charge in [0.05, 0.1) is 16.7 Å². The van der Waals surface area contributed by atoms with Gasteiger partial charge >= 0.3 is 0 Å². The molecule has 28 heavy (non-hydrogen) atoms. The Labute approximate surface area is 169 Å². The predicted molar refractivity (Wildman–Crippen MR) is 110 cm³/mol. The molecule has 1 heterocycles. The molecule has 0 aliphatic carbocycles. The van der Waals surface area contributed by atoms with Crippen LogP contribution in [0.15, 0.2) is 30.3 Å². The monoisotopic (exact) mass is 404 g/mol. The van der Waals surface area contributed by atoms with Gasteiger partial charge in [0.15, 0.2) is 0 Å². The summed E-state index contributed by atoms with van der Waals surface area (Å²) in [5.41, 5.74) is 2.16. The number of likely N-dealkylation sites (N-methyl/N-ethyl adjacent to an activating group) is 1. The van der Waals surface area contributed by atoms with Crippen molar-refractivity contribution >= 4 is 29.3 Å². The number of hydrogen-bond donors (Lipinski definition) is 0. The van der Waals surface area contributed by atoms with E-state index in [4.69, 9.17) is 11.6 Å². The fourth-order valence-electron chi connectivity index (χ4n) is 2.81. The van der Waals surface area contributed by atoms with Crippen molar-refractivity contribution in [1.82, 2.24) is 14.7 Å². The first-order chi connectivity index (χ1) is 13.1. The lowest BCUT2D eigenvalue weighted by Gasteiger charge is -2.24. The summed E-state index contributed by atoms with van der Waals surface area (Å²) in [5.74, 6) is 0.170. The molecular formula is C20H25ClN4O3. The number of aromatic nitrogens is 2. The van der Waals surface area contributed by atoms with E-state index in [-0.39, 0.29) is 17.6 Å². The quantitative estimate of drug-likeness (QED) is 0.382.